The molecule has 130 valence electrons. The molecular weight excluding hydrogens is 330 g/mol. The summed E-state index contributed by atoms with van der Waals surface area (Å²) in [5.74, 6) is -0.210. The van der Waals surface area contributed by atoms with E-state index in [9.17, 15) is 14.7 Å². The first-order valence-electron chi connectivity index (χ1n) is 8.39. The molecule has 1 heterocycles. The molecule has 0 spiro atoms. The van der Waals surface area contributed by atoms with Crippen molar-refractivity contribution >= 4 is 23.5 Å². The highest BCUT2D eigenvalue weighted by Gasteiger charge is 2.55. The molecule has 0 bridgehead atoms. The quantitative estimate of drug-likeness (QED) is 0.885. The molecule has 1 amide bonds. The number of halogens is 1. The third kappa shape index (κ3) is 2.86. The largest absolute Gasteiger partial charge is 0.492 e. The number of benzene rings is 1. The van der Waals surface area contributed by atoms with Gasteiger partial charge in [0.05, 0.1) is 23.5 Å². The monoisotopic (exact) mass is 351 g/mol. The Labute approximate surface area is 146 Å². The van der Waals surface area contributed by atoms with E-state index < -0.39 is 11.4 Å². The molecule has 3 rings (SSSR count). The van der Waals surface area contributed by atoms with E-state index in [1.165, 1.54) is 0 Å². The van der Waals surface area contributed by atoms with E-state index in [1.807, 2.05) is 13.0 Å². The van der Waals surface area contributed by atoms with E-state index >= 15 is 0 Å². The van der Waals surface area contributed by atoms with Crippen LogP contribution in [0.15, 0.2) is 18.2 Å². The van der Waals surface area contributed by atoms with Crippen LogP contribution in [0.3, 0.4) is 0 Å². The lowest BCUT2D eigenvalue weighted by Crippen LogP contribution is -2.37. The Bertz CT molecular complexity index is 662. The number of nitrogens with zero attached hydrogens (tertiary/aromatic N) is 1. The Morgan fingerprint density at radius 2 is 2.25 bits per heavy atom. The zero-order valence-corrected chi connectivity index (χ0v) is 14.5. The number of para-hydroxylation sites is 1. The summed E-state index contributed by atoms with van der Waals surface area (Å²) in [7, 11) is 0. The number of hydrogen-bond donors (Lipinski definition) is 1. The van der Waals surface area contributed by atoms with E-state index in [-0.39, 0.29) is 18.2 Å². The summed E-state index contributed by atoms with van der Waals surface area (Å²) >= 11 is 6.17. The Morgan fingerprint density at radius 3 is 2.92 bits per heavy atom. The summed E-state index contributed by atoms with van der Waals surface area (Å²) in [6, 6.07) is 5.36. The molecule has 1 saturated heterocycles. The lowest BCUT2D eigenvalue weighted by Gasteiger charge is -2.23. The van der Waals surface area contributed by atoms with Crippen LogP contribution in [0.2, 0.25) is 5.02 Å². The van der Waals surface area contributed by atoms with Crippen molar-refractivity contribution in [3.05, 3.63) is 28.8 Å². The second-order valence-corrected chi connectivity index (χ2v) is 7.07. The number of aliphatic carboxylic acids is 1. The maximum Gasteiger partial charge on any atom is 0.311 e. The molecule has 0 radical (unpaired) electrons. The van der Waals surface area contributed by atoms with Gasteiger partial charge in [-0.3, -0.25) is 9.59 Å². The van der Waals surface area contributed by atoms with Crippen LogP contribution in [0.5, 0.6) is 5.75 Å². The molecule has 2 aliphatic rings. The molecule has 1 N–H and O–H groups in total. The SMILES string of the molecule is CCOc1c(Cl)cccc1CC(=O)N1C[C@@H]2CCC[C@@]2(C(=O)O)C1. The van der Waals surface area contributed by atoms with Gasteiger partial charge in [0.2, 0.25) is 5.91 Å². The third-order valence-electron chi connectivity index (χ3n) is 5.33. The van der Waals surface area contributed by atoms with Crippen LogP contribution < -0.4 is 4.74 Å². The second-order valence-electron chi connectivity index (χ2n) is 6.66. The van der Waals surface area contributed by atoms with Gasteiger partial charge in [0.15, 0.2) is 0 Å². The number of ether oxygens (including phenoxy) is 1. The van der Waals surface area contributed by atoms with Crippen LogP contribution in [0.1, 0.15) is 31.7 Å². The predicted molar refractivity (Wildman–Crippen MR) is 90.3 cm³/mol. The van der Waals surface area contributed by atoms with Crippen LogP contribution in [0.25, 0.3) is 0 Å². The third-order valence-corrected chi connectivity index (χ3v) is 5.63. The van der Waals surface area contributed by atoms with Gasteiger partial charge in [0.1, 0.15) is 5.75 Å². The Morgan fingerprint density at radius 1 is 1.46 bits per heavy atom. The molecule has 24 heavy (non-hydrogen) atoms. The smallest absolute Gasteiger partial charge is 0.311 e. The highest BCUT2D eigenvalue weighted by atomic mass is 35.5. The average Bonchev–Trinajstić information content (AvgIpc) is 3.09. The molecule has 0 unspecified atom stereocenters. The molecule has 2 atom stereocenters. The maximum atomic E-state index is 12.7. The molecule has 1 aliphatic carbocycles. The number of fused-ring (bicyclic) bond motifs is 1. The minimum absolute atomic E-state index is 0.0618. The van der Waals surface area contributed by atoms with Gasteiger partial charge < -0.3 is 14.7 Å². The van der Waals surface area contributed by atoms with Gasteiger partial charge in [-0.15, -0.1) is 0 Å². The molecule has 0 aromatic heterocycles. The van der Waals surface area contributed by atoms with Crippen molar-refractivity contribution in [3.8, 4) is 5.75 Å². The van der Waals surface area contributed by atoms with Crippen molar-refractivity contribution in [2.45, 2.75) is 32.6 Å². The highest BCUT2D eigenvalue weighted by Crippen LogP contribution is 2.49. The summed E-state index contributed by atoms with van der Waals surface area (Å²) in [5, 5.41) is 10.1. The van der Waals surface area contributed by atoms with Gasteiger partial charge in [-0.25, -0.2) is 0 Å². The summed E-state index contributed by atoms with van der Waals surface area (Å²) in [5.41, 5.74) is 0.00278. The molecule has 1 aromatic carbocycles. The number of carboxylic acid groups (broad SMARTS) is 1. The van der Waals surface area contributed by atoms with Crippen molar-refractivity contribution in [1.82, 2.24) is 4.90 Å². The van der Waals surface area contributed by atoms with E-state index in [0.29, 0.717) is 36.9 Å². The van der Waals surface area contributed by atoms with E-state index in [2.05, 4.69) is 0 Å². The highest BCUT2D eigenvalue weighted by molar-refractivity contribution is 6.32. The zero-order valence-electron chi connectivity index (χ0n) is 13.8. The fraction of sp³-hybridized carbons (Fsp3) is 0.556. The predicted octanol–water partition coefficient (Wildman–Crippen LogP) is 2.99. The Kier molecular flexibility index (Phi) is 4.72. The number of hydrogen-bond acceptors (Lipinski definition) is 3. The van der Waals surface area contributed by atoms with Crippen LogP contribution in [0.4, 0.5) is 0 Å². The van der Waals surface area contributed by atoms with Gasteiger partial charge in [-0.1, -0.05) is 30.2 Å². The Balaban J connectivity index is 1.75. The molecule has 1 aliphatic heterocycles. The lowest BCUT2D eigenvalue weighted by molar-refractivity contribution is -0.149. The normalized spacial score (nSPS) is 25.6. The summed E-state index contributed by atoms with van der Waals surface area (Å²) in [6.45, 7) is 3.19. The topological polar surface area (TPSA) is 66.8 Å². The van der Waals surface area contributed by atoms with E-state index in [1.54, 1.807) is 17.0 Å². The number of carbonyl (C=O) groups is 2. The van der Waals surface area contributed by atoms with E-state index in [0.717, 1.165) is 18.4 Å². The van der Waals surface area contributed by atoms with Crippen molar-refractivity contribution in [3.63, 3.8) is 0 Å². The molecule has 6 heteroatoms. The van der Waals surface area contributed by atoms with Gasteiger partial charge >= 0.3 is 5.97 Å². The lowest BCUT2D eigenvalue weighted by atomic mass is 9.81. The minimum atomic E-state index is -0.766. The average molecular weight is 352 g/mol. The number of carbonyl (C=O) groups excluding carboxylic acids is 1. The van der Waals surface area contributed by atoms with Crippen LogP contribution in [-0.4, -0.2) is 41.6 Å². The first-order chi connectivity index (χ1) is 11.5. The van der Waals surface area contributed by atoms with Crippen molar-refractivity contribution in [2.75, 3.05) is 19.7 Å². The van der Waals surface area contributed by atoms with Gasteiger partial charge in [-0.05, 0) is 31.7 Å². The second kappa shape index (κ2) is 6.63. The summed E-state index contributed by atoms with van der Waals surface area (Å²) in [4.78, 5) is 26.2. The molecular formula is C18H22ClNO4. The van der Waals surface area contributed by atoms with Gasteiger partial charge in [0, 0.05) is 18.7 Å². The van der Waals surface area contributed by atoms with E-state index in [4.69, 9.17) is 16.3 Å². The van der Waals surface area contributed by atoms with Gasteiger partial charge in [-0.2, -0.15) is 0 Å². The van der Waals surface area contributed by atoms with Crippen molar-refractivity contribution < 1.29 is 19.4 Å². The number of rotatable bonds is 5. The zero-order chi connectivity index (χ0) is 17.3. The molecule has 5 nitrogen and oxygen atoms in total. The maximum absolute atomic E-state index is 12.7. The van der Waals surface area contributed by atoms with Crippen LogP contribution in [0, 0.1) is 11.3 Å². The fourth-order valence-corrected chi connectivity index (χ4v) is 4.35. The van der Waals surface area contributed by atoms with Crippen molar-refractivity contribution in [1.29, 1.82) is 0 Å². The molecule has 2 fully saturated rings. The van der Waals surface area contributed by atoms with Gasteiger partial charge in [0.25, 0.3) is 0 Å². The summed E-state index contributed by atoms with van der Waals surface area (Å²) in [6.07, 6.45) is 2.66. The Hall–Kier alpha value is -1.75. The number of carboxylic acids is 1. The summed E-state index contributed by atoms with van der Waals surface area (Å²) < 4.78 is 5.57. The van der Waals surface area contributed by atoms with Crippen LogP contribution in [-0.2, 0) is 16.0 Å². The fourth-order valence-electron chi connectivity index (χ4n) is 4.10. The number of likely N-dealkylation sites (tertiary alicyclic amines) is 1. The molecule has 1 aromatic rings. The first-order valence-corrected chi connectivity index (χ1v) is 8.77. The first kappa shape index (κ1) is 17.1. The van der Waals surface area contributed by atoms with Crippen molar-refractivity contribution in [2.24, 2.45) is 11.3 Å². The minimum Gasteiger partial charge on any atom is -0.492 e. The van der Waals surface area contributed by atoms with Crippen LogP contribution >= 0.6 is 11.6 Å². The molecule has 1 saturated carbocycles. The number of amides is 1. The standard InChI is InChI=1S/C18H22ClNO4/c1-2-24-16-12(5-3-7-14(16)19)9-15(21)20-10-13-6-4-8-18(13,11-20)17(22)23/h3,5,7,13H,2,4,6,8-11H2,1H3,(H,22,23)/t13-,18+/m0/s1.